The topological polar surface area (TPSA) is 24.9 Å². The van der Waals surface area contributed by atoms with Crippen molar-refractivity contribution in [1.29, 1.82) is 0 Å². The van der Waals surface area contributed by atoms with Crippen molar-refractivity contribution < 1.29 is 0 Å². The molecule has 0 unspecified atom stereocenters. The first kappa shape index (κ1) is 11.7. The number of halogens is 2. The molecule has 0 bridgehead atoms. The first-order valence-corrected chi connectivity index (χ1v) is 6.29. The van der Waals surface area contributed by atoms with Crippen LogP contribution in [0.4, 0.5) is 5.82 Å². The molecular weight excluding hydrogens is 335 g/mol. The molecule has 1 N–H and O–H groups in total. The van der Waals surface area contributed by atoms with E-state index < -0.39 is 0 Å². The minimum absolute atomic E-state index is 0.777. The lowest BCUT2D eigenvalue weighted by Crippen LogP contribution is -1.91. The zero-order valence-electron chi connectivity index (χ0n) is 8.45. The quantitative estimate of drug-likeness (QED) is 0.670. The predicted molar refractivity (Wildman–Crippen MR) is 76.1 cm³/mol. The first-order chi connectivity index (χ1) is 7.78. The Bertz CT molecular complexity index is 488. The molecule has 4 heteroatoms. The highest BCUT2D eigenvalue weighted by Crippen LogP contribution is 2.16. The van der Waals surface area contributed by atoms with Gasteiger partial charge in [0.15, 0.2) is 0 Å². The molecule has 0 aliphatic heterocycles. The van der Waals surface area contributed by atoms with E-state index in [-0.39, 0.29) is 0 Å². The van der Waals surface area contributed by atoms with Gasteiger partial charge in [-0.2, -0.15) is 0 Å². The van der Waals surface area contributed by atoms with Crippen LogP contribution in [0.25, 0.3) is 0 Å². The Hall–Kier alpha value is -0.810. The summed E-state index contributed by atoms with van der Waals surface area (Å²) in [6, 6.07) is 12.0. The largest absolute Gasteiger partial charge is 0.313 e. The van der Waals surface area contributed by atoms with Gasteiger partial charge in [-0.25, -0.2) is 4.98 Å². The van der Waals surface area contributed by atoms with E-state index >= 15 is 0 Å². The molecule has 2 rings (SSSR count). The molecule has 0 aliphatic carbocycles. The molecule has 0 amide bonds. The first-order valence-electron chi connectivity index (χ1n) is 4.84. The molecule has 0 atom stereocenters. The van der Waals surface area contributed by atoms with E-state index in [9.17, 15) is 0 Å². The molecule has 0 fully saturated rings. The summed E-state index contributed by atoms with van der Waals surface area (Å²) in [6.45, 7) is 0. The van der Waals surface area contributed by atoms with Gasteiger partial charge < -0.3 is 3.53 Å². The molecule has 82 valence electrons. The highest BCUT2D eigenvalue weighted by Gasteiger charge is 1.99. The molecule has 2 aromatic rings. The standard InChI is InChI=1S/C12H10ClIN2/c13-11-3-1-2-9(7-11)6-10-4-5-15-12(8-10)16-14/h1-5,7-8H,6H2,(H,15,16). The van der Waals surface area contributed by atoms with Gasteiger partial charge in [0.25, 0.3) is 0 Å². The third kappa shape index (κ3) is 3.09. The number of aromatic nitrogens is 1. The third-order valence-corrected chi connectivity index (χ3v) is 3.01. The summed E-state index contributed by atoms with van der Waals surface area (Å²) >= 11 is 8.02. The minimum Gasteiger partial charge on any atom is -0.313 e. The van der Waals surface area contributed by atoms with E-state index in [0.717, 1.165) is 17.3 Å². The van der Waals surface area contributed by atoms with Crippen molar-refractivity contribution in [3.63, 3.8) is 0 Å². The molecule has 1 heterocycles. The Morgan fingerprint density at radius 2 is 2.00 bits per heavy atom. The van der Waals surface area contributed by atoms with Gasteiger partial charge in [0.2, 0.25) is 0 Å². The van der Waals surface area contributed by atoms with Crippen LogP contribution in [0.1, 0.15) is 11.1 Å². The third-order valence-electron chi connectivity index (χ3n) is 2.22. The number of benzene rings is 1. The predicted octanol–water partition coefficient (Wildman–Crippen LogP) is 4.09. The van der Waals surface area contributed by atoms with E-state index in [2.05, 4.69) is 37.4 Å². The van der Waals surface area contributed by atoms with Crippen LogP contribution in [0.3, 0.4) is 0 Å². The van der Waals surface area contributed by atoms with Crippen LogP contribution in [0.5, 0.6) is 0 Å². The smallest absolute Gasteiger partial charge is 0.134 e. The molecular formula is C12H10ClIN2. The van der Waals surface area contributed by atoms with Crippen molar-refractivity contribution in [1.82, 2.24) is 4.98 Å². The fraction of sp³-hybridized carbons (Fsp3) is 0.0833. The van der Waals surface area contributed by atoms with Crippen LogP contribution >= 0.6 is 34.5 Å². The zero-order chi connectivity index (χ0) is 11.4. The molecule has 2 nitrogen and oxygen atoms in total. The Labute approximate surface area is 114 Å². The normalized spacial score (nSPS) is 10.1. The second kappa shape index (κ2) is 5.50. The summed E-state index contributed by atoms with van der Waals surface area (Å²) in [6.07, 6.45) is 2.68. The molecule has 0 saturated heterocycles. The number of rotatable bonds is 3. The Kier molecular flexibility index (Phi) is 4.01. The number of nitrogens with zero attached hydrogens (tertiary/aromatic N) is 1. The van der Waals surface area contributed by atoms with Crippen LogP contribution in [0.15, 0.2) is 42.6 Å². The zero-order valence-corrected chi connectivity index (χ0v) is 11.4. The molecule has 16 heavy (non-hydrogen) atoms. The second-order valence-electron chi connectivity index (χ2n) is 3.45. The van der Waals surface area contributed by atoms with Crippen molar-refractivity contribution >= 4 is 40.3 Å². The average molecular weight is 345 g/mol. The van der Waals surface area contributed by atoms with Crippen LogP contribution < -0.4 is 3.53 Å². The molecule has 0 spiro atoms. The lowest BCUT2D eigenvalue weighted by Gasteiger charge is -2.04. The summed E-state index contributed by atoms with van der Waals surface area (Å²) < 4.78 is 3.00. The molecule has 0 saturated carbocycles. The van der Waals surface area contributed by atoms with Crippen molar-refractivity contribution in [2.45, 2.75) is 6.42 Å². The number of hydrogen-bond donors (Lipinski definition) is 1. The summed E-state index contributed by atoms with van der Waals surface area (Å²) in [5, 5.41) is 0.777. The maximum absolute atomic E-state index is 5.94. The van der Waals surface area contributed by atoms with Gasteiger partial charge in [-0.1, -0.05) is 23.7 Å². The maximum Gasteiger partial charge on any atom is 0.134 e. The van der Waals surface area contributed by atoms with Crippen molar-refractivity contribution in [2.75, 3.05) is 3.53 Å². The van der Waals surface area contributed by atoms with Crippen LogP contribution in [0, 0.1) is 0 Å². The maximum atomic E-state index is 5.94. The average Bonchev–Trinajstić information content (AvgIpc) is 2.29. The highest BCUT2D eigenvalue weighted by atomic mass is 127. The van der Waals surface area contributed by atoms with Gasteiger partial charge in [0.1, 0.15) is 5.82 Å². The second-order valence-corrected chi connectivity index (χ2v) is 4.43. The fourth-order valence-electron chi connectivity index (χ4n) is 1.52. The van der Waals surface area contributed by atoms with Crippen LogP contribution in [-0.2, 0) is 6.42 Å². The van der Waals surface area contributed by atoms with Gasteiger partial charge in [0, 0.05) is 11.2 Å². The van der Waals surface area contributed by atoms with E-state index in [0.29, 0.717) is 0 Å². The lowest BCUT2D eigenvalue weighted by atomic mass is 10.1. The summed E-state index contributed by atoms with van der Waals surface area (Å²) in [5.41, 5.74) is 2.43. The van der Waals surface area contributed by atoms with Crippen LogP contribution in [-0.4, -0.2) is 4.98 Å². The molecule has 0 radical (unpaired) electrons. The number of nitrogens with one attached hydrogen (secondary N) is 1. The molecule has 1 aromatic carbocycles. The summed E-state index contributed by atoms with van der Waals surface area (Å²) in [5.74, 6) is 0.875. The number of pyridine rings is 1. The van der Waals surface area contributed by atoms with E-state index in [4.69, 9.17) is 11.6 Å². The Morgan fingerprint density at radius 1 is 1.19 bits per heavy atom. The van der Waals surface area contributed by atoms with Gasteiger partial charge in [-0.3, -0.25) is 0 Å². The molecule has 1 aromatic heterocycles. The fourth-order valence-corrected chi connectivity index (χ4v) is 2.03. The van der Waals surface area contributed by atoms with Crippen molar-refractivity contribution in [3.8, 4) is 0 Å². The number of anilines is 1. The summed E-state index contributed by atoms with van der Waals surface area (Å²) in [4.78, 5) is 4.17. The van der Waals surface area contributed by atoms with E-state index in [1.54, 1.807) is 6.20 Å². The van der Waals surface area contributed by atoms with Gasteiger partial charge in [0.05, 0.1) is 22.9 Å². The highest BCUT2D eigenvalue weighted by molar-refractivity contribution is 14.1. The lowest BCUT2D eigenvalue weighted by molar-refractivity contribution is 1.17. The monoisotopic (exact) mass is 344 g/mol. The van der Waals surface area contributed by atoms with Gasteiger partial charge in [-0.15, -0.1) is 0 Å². The Balaban J connectivity index is 2.20. The SMILES string of the molecule is Clc1cccc(Cc2ccnc(NI)c2)c1. The van der Waals surface area contributed by atoms with E-state index in [1.165, 1.54) is 11.1 Å². The molecule has 0 aliphatic rings. The van der Waals surface area contributed by atoms with Gasteiger partial charge >= 0.3 is 0 Å². The Morgan fingerprint density at radius 3 is 2.75 bits per heavy atom. The van der Waals surface area contributed by atoms with Crippen molar-refractivity contribution in [2.24, 2.45) is 0 Å². The van der Waals surface area contributed by atoms with E-state index in [1.807, 2.05) is 30.3 Å². The van der Waals surface area contributed by atoms with Crippen molar-refractivity contribution in [3.05, 3.63) is 58.7 Å². The van der Waals surface area contributed by atoms with Gasteiger partial charge in [-0.05, 0) is 41.8 Å². The number of hydrogen-bond acceptors (Lipinski definition) is 2. The summed E-state index contributed by atoms with van der Waals surface area (Å²) in [7, 11) is 0. The van der Waals surface area contributed by atoms with Crippen LogP contribution in [0.2, 0.25) is 5.02 Å². The minimum atomic E-state index is 0.777.